The van der Waals surface area contributed by atoms with E-state index in [0.717, 1.165) is 20.5 Å². The Labute approximate surface area is 205 Å². The number of amides is 1. The van der Waals surface area contributed by atoms with Gasteiger partial charge in [-0.15, -0.1) is 11.8 Å². The Bertz CT molecular complexity index is 1080. The number of methoxy groups -OCH3 is 1. The Morgan fingerprint density at radius 1 is 1.19 bits per heavy atom. The second-order valence-corrected chi connectivity index (χ2v) is 9.46. The highest BCUT2D eigenvalue weighted by molar-refractivity contribution is 9.10. The van der Waals surface area contributed by atoms with Crippen molar-refractivity contribution in [2.24, 2.45) is 5.10 Å². The molecule has 0 aliphatic heterocycles. The minimum atomic E-state index is -0.316. The van der Waals surface area contributed by atoms with Crippen molar-refractivity contribution in [1.82, 2.24) is 5.43 Å². The number of halogens is 2. The number of benzene rings is 3. The SMILES string of the molecule is COc1cc(/C=N\NC(=O)[C@H](C)Sc2ccc(Cl)cc2)cc(Br)c1OCc1ccccc1. The van der Waals surface area contributed by atoms with Crippen molar-refractivity contribution in [2.45, 2.75) is 23.7 Å². The molecule has 0 aromatic heterocycles. The molecule has 0 aliphatic rings. The number of hydrogen-bond donors (Lipinski definition) is 1. The van der Waals surface area contributed by atoms with Crippen LogP contribution in [-0.2, 0) is 11.4 Å². The molecule has 0 heterocycles. The number of rotatable bonds is 9. The molecule has 0 fully saturated rings. The summed E-state index contributed by atoms with van der Waals surface area (Å²) in [4.78, 5) is 13.3. The van der Waals surface area contributed by atoms with E-state index in [1.54, 1.807) is 31.5 Å². The van der Waals surface area contributed by atoms with E-state index >= 15 is 0 Å². The number of thioether (sulfide) groups is 1. The van der Waals surface area contributed by atoms with Gasteiger partial charge < -0.3 is 9.47 Å². The van der Waals surface area contributed by atoms with Crippen molar-refractivity contribution in [2.75, 3.05) is 7.11 Å². The monoisotopic (exact) mass is 532 g/mol. The first-order valence-corrected chi connectivity index (χ1v) is 11.8. The third kappa shape index (κ3) is 7.02. The summed E-state index contributed by atoms with van der Waals surface area (Å²) in [6.45, 7) is 2.24. The smallest absolute Gasteiger partial charge is 0.253 e. The molecule has 166 valence electrons. The zero-order valence-corrected chi connectivity index (χ0v) is 20.7. The third-order valence-corrected chi connectivity index (χ3v) is 6.31. The van der Waals surface area contributed by atoms with Crippen LogP contribution in [-0.4, -0.2) is 24.5 Å². The van der Waals surface area contributed by atoms with Crippen molar-refractivity contribution in [3.63, 3.8) is 0 Å². The first-order chi connectivity index (χ1) is 15.5. The lowest BCUT2D eigenvalue weighted by molar-refractivity contribution is -0.120. The minimum absolute atomic E-state index is 0.199. The predicted molar refractivity (Wildman–Crippen MR) is 134 cm³/mol. The summed E-state index contributed by atoms with van der Waals surface area (Å²) in [6, 6.07) is 20.9. The molecule has 0 radical (unpaired) electrons. The van der Waals surface area contributed by atoms with Gasteiger partial charge in [-0.3, -0.25) is 4.79 Å². The van der Waals surface area contributed by atoms with Crippen LogP contribution in [0, 0.1) is 0 Å². The Kier molecular flexibility index (Phi) is 9.02. The van der Waals surface area contributed by atoms with E-state index in [1.807, 2.05) is 55.5 Å². The van der Waals surface area contributed by atoms with Crippen LogP contribution in [0.5, 0.6) is 11.5 Å². The number of ether oxygens (including phenoxy) is 2. The Morgan fingerprint density at radius 2 is 1.91 bits per heavy atom. The third-order valence-electron chi connectivity index (χ3n) is 4.36. The Balaban J connectivity index is 1.60. The van der Waals surface area contributed by atoms with E-state index in [1.165, 1.54) is 11.8 Å². The fraction of sp³-hybridized carbons (Fsp3) is 0.167. The predicted octanol–water partition coefficient (Wildman–Crippen LogP) is 6.32. The summed E-state index contributed by atoms with van der Waals surface area (Å²) < 4.78 is 12.1. The largest absolute Gasteiger partial charge is 0.493 e. The van der Waals surface area contributed by atoms with Gasteiger partial charge in [-0.05, 0) is 70.4 Å². The molecule has 1 amide bonds. The molecular weight excluding hydrogens is 512 g/mol. The molecule has 1 N–H and O–H groups in total. The number of hydrazone groups is 1. The molecule has 0 aliphatic carbocycles. The first kappa shape index (κ1) is 24.2. The molecule has 0 unspecified atom stereocenters. The van der Waals surface area contributed by atoms with Crippen molar-refractivity contribution in [3.05, 3.63) is 87.4 Å². The molecule has 0 spiro atoms. The van der Waals surface area contributed by atoms with Crippen LogP contribution < -0.4 is 14.9 Å². The van der Waals surface area contributed by atoms with Crippen LogP contribution in [0.4, 0.5) is 0 Å². The van der Waals surface area contributed by atoms with Crippen molar-refractivity contribution < 1.29 is 14.3 Å². The number of nitrogens with one attached hydrogen (secondary N) is 1. The first-order valence-electron chi connectivity index (χ1n) is 9.75. The van der Waals surface area contributed by atoms with E-state index in [2.05, 4.69) is 26.5 Å². The zero-order chi connectivity index (χ0) is 22.9. The molecule has 3 rings (SSSR count). The van der Waals surface area contributed by atoms with Gasteiger partial charge in [0, 0.05) is 9.92 Å². The molecule has 0 saturated heterocycles. The number of carbonyl (C=O) groups is 1. The Hall–Kier alpha value is -2.48. The topological polar surface area (TPSA) is 59.9 Å². The van der Waals surface area contributed by atoms with Gasteiger partial charge in [0.05, 0.1) is 23.0 Å². The van der Waals surface area contributed by atoms with Crippen molar-refractivity contribution in [1.29, 1.82) is 0 Å². The molecule has 5 nitrogen and oxygen atoms in total. The standard InChI is InChI=1S/C24H22BrClN2O3S/c1-16(32-20-10-8-19(26)9-11-20)24(29)28-27-14-18-12-21(25)23(22(13-18)30-2)31-15-17-6-4-3-5-7-17/h3-14,16H,15H2,1-2H3,(H,28,29)/b27-14-/t16-/m0/s1. The number of nitrogens with zero attached hydrogens (tertiary/aromatic N) is 1. The van der Waals surface area contributed by atoms with E-state index in [9.17, 15) is 4.79 Å². The molecule has 3 aromatic rings. The summed E-state index contributed by atoms with van der Waals surface area (Å²) in [6.07, 6.45) is 1.56. The van der Waals surface area contributed by atoms with Gasteiger partial charge in [0.1, 0.15) is 6.61 Å². The normalized spacial score (nSPS) is 11.9. The van der Waals surface area contributed by atoms with Crippen LogP contribution in [0.15, 0.2) is 81.2 Å². The van der Waals surface area contributed by atoms with Crippen molar-refractivity contribution >= 4 is 51.4 Å². The maximum Gasteiger partial charge on any atom is 0.253 e. The van der Waals surface area contributed by atoms with Gasteiger partial charge >= 0.3 is 0 Å². The summed E-state index contributed by atoms with van der Waals surface area (Å²) in [7, 11) is 1.58. The lowest BCUT2D eigenvalue weighted by Gasteiger charge is -2.13. The van der Waals surface area contributed by atoms with Crippen LogP contribution in [0.25, 0.3) is 0 Å². The highest BCUT2D eigenvalue weighted by Crippen LogP contribution is 2.36. The van der Waals surface area contributed by atoms with Gasteiger partial charge in [-0.1, -0.05) is 41.9 Å². The minimum Gasteiger partial charge on any atom is -0.493 e. The second-order valence-electron chi connectivity index (χ2n) is 6.76. The average Bonchev–Trinajstić information content (AvgIpc) is 2.80. The average molecular weight is 534 g/mol. The Morgan fingerprint density at radius 3 is 2.59 bits per heavy atom. The van der Waals surface area contributed by atoms with E-state index < -0.39 is 0 Å². The maximum atomic E-state index is 12.3. The van der Waals surface area contributed by atoms with Crippen molar-refractivity contribution in [3.8, 4) is 11.5 Å². The molecular formula is C24H22BrClN2O3S. The lowest BCUT2D eigenvalue weighted by atomic mass is 10.2. The number of hydrogen-bond acceptors (Lipinski definition) is 5. The van der Waals surface area contributed by atoms with Crippen LogP contribution in [0.3, 0.4) is 0 Å². The fourth-order valence-electron chi connectivity index (χ4n) is 2.72. The second kappa shape index (κ2) is 11.9. The van der Waals surface area contributed by atoms with E-state index in [0.29, 0.717) is 23.1 Å². The molecule has 32 heavy (non-hydrogen) atoms. The fourth-order valence-corrected chi connectivity index (χ4v) is 4.28. The van der Waals surface area contributed by atoms with Gasteiger partial charge in [0.15, 0.2) is 11.5 Å². The summed E-state index contributed by atoms with van der Waals surface area (Å²) in [5, 5.41) is 4.43. The summed E-state index contributed by atoms with van der Waals surface area (Å²) >= 11 is 10.9. The van der Waals surface area contributed by atoms with Crippen LogP contribution in [0.2, 0.25) is 5.02 Å². The molecule has 3 aromatic carbocycles. The number of carbonyl (C=O) groups excluding carboxylic acids is 1. The van der Waals surface area contributed by atoms with Gasteiger partial charge in [0.25, 0.3) is 5.91 Å². The molecule has 0 bridgehead atoms. The molecule has 0 saturated carbocycles. The maximum absolute atomic E-state index is 12.3. The highest BCUT2D eigenvalue weighted by Gasteiger charge is 2.14. The van der Waals surface area contributed by atoms with Crippen LogP contribution >= 0.6 is 39.3 Å². The van der Waals surface area contributed by atoms with Gasteiger partial charge in [0.2, 0.25) is 0 Å². The van der Waals surface area contributed by atoms with Gasteiger partial charge in [-0.2, -0.15) is 5.10 Å². The van der Waals surface area contributed by atoms with E-state index in [-0.39, 0.29) is 11.2 Å². The summed E-state index contributed by atoms with van der Waals surface area (Å²) in [5.74, 6) is 0.968. The molecule has 1 atom stereocenters. The summed E-state index contributed by atoms with van der Waals surface area (Å²) in [5.41, 5.74) is 4.38. The van der Waals surface area contributed by atoms with E-state index in [4.69, 9.17) is 21.1 Å². The highest BCUT2D eigenvalue weighted by atomic mass is 79.9. The zero-order valence-electron chi connectivity index (χ0n) is 17.5. The quantitative estimate of drug-likeness (QED) is 0.199. The van der Waals surface area contributed by atoms with Crippen LogP contribution in [0.1, 0.15) is 18.1 Å². The lowest BCUT2D eigenvalue weighted by Crippen LogP contribution is -2.26. The molecule has 8 heteroatoms. The van der Waals surface area contributed by atoms with Gasteiger partial charge in [-0.25, -0.2) is 5.43 Å².